The third-order valence-corrected chi connectivity index (χ3v) is 5.36. The number of ether oxygens (including phenoxy) is 3. The fourth-order valence-corrected chi connectivity index (χ4v) is 3.98. The molecule has 4 rings (SSSR count). The Kier molecular flexibility index (Phi) is 5.67. The van der Waals surface area contributed by atoms with Crippen molar-refractivity contribution >= 4 is 11.9 Å². The molecule has 1 aliphatic rings. The zero-order chi connectivity index (χ0) is 21.1. The van der Waals surface area contributed by atoms with E-state index in [2.05, 4.69) is 10.1 Å². The summed E-state index contributed by atoms with van der Waals surface area (Å²) in [6, 6.07) is 15.2. The molecule has 1 amide bonds. The Labute approximate surface area is 175 Å². The van der Waals surface area contributed by atoms with Crippen molar-refractivity contribution in [3.63, 3.8) is 0 Å². The van der Waals surface area contributed by atoms with Crippen molar-refractivity contribution in [1.82, 2.24) is 14.8 Å². The van der Waals surface area contributed by atoms with Gasteiger partial charge in [0.2, 0.25) is 5.95 Å². The van der Waals surface area contributed by atoms with Gasteiger partial charge in [-0.1, -0.05) is 30.3 Å². The van der Waals surface area contributed by atoms with E-state index >= 15 is 0 Å². The van der Waals surface area contributed by atoms with E-state index in [1.54, 1.807) is 23.8 Å². The summed E-state index contributed by atoms with van der Waals surface area (Å²) >= 11 is 0. The van der Waals surface area contributed by atoms with Crippen molar-refractivity contribution < 1.29 is 19.0 Å². The van der Waals surface area contributed by atoms with Crippen LogP contribution in [0.25, 0.3) is 0 Å². The molecule has 30 heavy (non-hydrogen) atoms. The summed E-state index contributed by atoms with van der Waals surface area (Å²) in [5.41, 5.74) is 1.97. The maximum absolute atomic E-state index is 13.0. The van der Waals surface area contributed by atoms with Crippen molar-refractivity contribution in [2.75, 3.05) is 32.8 Å². The number of anilines is 1. The van der Waals surface area contributed by atoms with Crippen LogP contribution in [0.3, 0.4) is 0 Å². The Morgan fingerprint density at radius 1 is 1.03 bits per heavy atom. The molecule has 3 aromatic rings. The third-order valence-electron chi connectivity index (χ3n) is 5.36. The first-order valence-corrected chi connectivity index (χ1v) is 9.65. The first-order chi connectivity index (χ1) is 14.7. The molecular weight excluding hydrogens is 384 g/mol. The molecule has 0 saturated carbocycles. The van der Waals surface area contributed by atoms with Crippen LogP contribution in [0.5, 0.6) is 11.5 Å². The maximum Gasteiger partial charge on any atom is 0.255 e. The molecule has 0 aliphatic carbocycles. The maximum atomic E-state index is 13.0. The van der Waals surface area contributed by atoms with Gasteiger partial charge in [-0.05, 0) is 30.2 Å². The molecule has 2 heterocycles. The summed E-state index contributed by atoms with van der Waals surface area (Å²) in [5, 5.41) is 4.43. The molecule has 1 aromatic heterocycles. The fourth-order valence-electron chi connectivity index (χ4n) is 3.98. The fraction of sp³-hybridized carbons (Fsp3) is 0.318. The van der Waals surface area contributed by atoms with Crippen LogP contribution in [0.1, 0.15) is 29.6 Å². The number of methoxy groups -OCH3 is 3. The van der Waals surface area contributed by atoms with Gasteiger partial charge >= 0.3 is 0 Å². The second-order valence-electron chi connectivity index (χ2n) is 6.98. The number of aromatic nitrogens is 3. The number of para-hydroxylation sites is 1. The first kappa shape index (κ1) is 19.9. The van der Waals surface area contributed by atoms with Crippen LogP contribution in [-0.2, 0) is 9.53 Å². The predicted molar refractivity (Wildman–Crippen MR) is 111 cm³/mol. The molecule has 0 saturated heterocycles. The van der Waals surface area contributed by atoms with Gasteiger partial charge in [-0.15, -0.1) is 0 Å². The lowest BCUT2D eigenvalue weighted by Crippen LogP contribution is -2.44. The molecule has 8 nitrogen and oxygen atoms in total. The van der Waals surface area contributed by atoms with E-state index < -0.39 is 0 Å². The Morgan fingerprint density at radius 3 is 2.50 bits per heavy atom. The van der Waals surface area contributed by atoms with E-state index in [1.165, 1.54) is 13.4 Å². The Morgan fingerprint density at radius 2 is 1.80 bits per heavy atom. The van der Waals surface area contributed by atoms with Crippen molar-refractivity contribution in [1.29, 1.82) is 0 Å². The standard InChI is InChI=1S/C22H24N4O4/c1-28-13-21(27)25-18(15-8-10-16(29-2)11-9-15)12-19(26-22(25)23-14-24-26)17-6-4-5-7-20(17)30-3/h4-11,14,18-19H,12-13H2,1-3H3/t18-,19-/m0/s1. The molecule has 2 aromatic carbocycles. The molecule has 1 aliphatic heterocycles. The quantitative estimate of drug-likeness (QED) is 0.624. The number of hydrogen-bond donors (Lipinski definition) is 0. The Bertz CT molecular complexity index is 1020. The molecule has 8 heteroatoms. The van der Waals surface area contributed by atoms with Crippen LogP contribution >= 0.6 is 0 Å². The van der Waals surface area contributed by atoms with Crippen LogP contribution in [0.2, 0.25) is 0 Å². The van der Waals surface area contributed by atoms with E-state index in [-0.39, 0.29) is 24.6 Å². The number of fused-ring (bicyclic) bond motifs is 1. The highest BCUT2D eigenvalue weighted by atomic mass is 16.5. The lowest BCUT2D eigenvalue weighted by Gasteiger charge is -2.39. The van der Waals surface area contributed by atoms with E-state index in [0.717, 1.165) is 22.6 Å². The zero-order valence-corrected chi connectivity index (χ0v) is 17.2. The van der Waals surface area contributed by atoms with Crippen molar-refractivity contribution in [2.45, 2.75) is 18.5 Å². The number of benzene rings is 2. The summed E-state index contributed by atoms with van der Waals surface area (Å²) in [6.07, 6.45) is 2.08. The molecule has 0 unspecified atom stereocenters. The van der Waals surface area contributed by atoms with E-state index in [0.29, 0.717) is 12.4 Å². The van der Waals surface area contributed by atoms with Crippen LogP contribution in [0.15, 0.2) is 54.9 Å². The first-order valence-electron chi connectivity index (χ1n) is 9.65. The number of nitrogens with zero attached hydrogens (tertiary/aromatic N) is 4. The van der Waals surface area contributed by atoms with Crippen molar-refractivity contribution in [2.24, 2.45) is 0 Å². The lowest BCUT2D eigenvalue weighted by molar-refractivity contribution is -0.123. The van der Waals surface area contributed by atoms with Gasteiger partial charge in [-0.2, -0.15) is 10.1 Å². The third kappa shape index (κ3) is 3.50. The molecule has 0 bridgehead atoms. The van der Waals surface area contributed by atoms with Gasteiger partial charge in [0.05, 0.1) is 26.3 Å². The van der Waals surface area contributed by atoms with Crippen LogP contribution < -0.4 is 14.4 Å². The summed E-state index contributed by atoms with van der Waals surface area (Å²) in [7, 11) is 4.79. The average Bonchev–Trinajstić information content (AvgIpc) is 3.28. The predicted octanol–water partition coefficient (Wildman–Crippen LogP) is 3.01. The average molecular weight is 408 g/mol. The summed E-state index contributed by atoms with van der Waals surface area (Å²) in [4.78, 5) is 19.1. The number of amides is 1. The minimum atomic E-state index is -0.245. The highest BCUT2D eigenvalue weighted by molar-refractivity contribution is 5.93. The summed E-state index contributed by atoms with van der Waals surface area (Å²) in [5.74, 6) is 1.84. The number of rotatable bonds is 6. The van der Waals surface area contributed by atoms with E-state index in [9.17, 15) is 4.79 Å². The Balaban J connectivity index is 1.83. The normalized spacial score (nSPS) is 18.0. The molecular formula is C22H24N4O4. The minimum absolute atomic E-state index is 0.0428. The van der Waals surface area contributed by atoms with E-state index in [1.807, 2.05) is 48.5 Å². The molecule has 0 fully saturated rings. The smallest absolute Gasteiger partial charge is 0.255 e. The number of hydrogen-bond acceptors (Lipinski definition) is 6. The van der Waals surface area contributed by atoms with E-state index in [4.69, 9.17) is 14.2 Å². The van der Waals surface area contributed by atoms with Gasteiger partial charge in [0.25, 0.3) is 5.91 Å². The van der Waals surface area contributed by atoms with Crippen molar-refractivity contribution in [3.05, 3.63) is 66.0 Å². The van der Waals surface area contributed by atoms with Gasteiger partial charge in [0, 0.05) is 12.7 Å². The number of carbonyl (C=O) groups is 1. The second-order valence-corrected chi connectivity index (χ2v) is 6.98. The second kappa shape index (κ2) is 8.54. The molecule has 2 atom stereocenters. The topological polar surface area (TPSA) is 78.7 Å². The molecule has 0 N–H and O–H groups in total. The van der Waals surface area contributed by atoms with Gasteiger partial charge in [-0.3, -0.25) is 9.69 Å². The minimum Gasteiger partial charge on any atom is -0.497 e. The lowest BCUT2D eigenvalue weighted by atomic mass is 9.91. The number of carbonyl (C=O) groups excluding carboxylic acids is 1. The highest BCUT2D eigenvalue weighted by Gasteiger charge is 2.40. The molecule has 0 radical (unpaired) electrons. The van der Waals surface area contributed by atoms with Gasteiger partial charge in [-0.25, -0.2) is 4.68 Å². The molecule has 156 valence electrons. The monoisotopic (exact) mass is 408 g/mol. The SMILES string of the molecule is COCC(=O)N1c2ncnn2[C@H](c2ccccc2OC)C[C@H]1c1ccc(OC)cc1. The van der Waals surface area contributed by atoms with Crippen molar-refractivity contribution in [3.8, 4) is 11.5 Å². The summed E-state index contributed by atoms with van der Waals surface area (Å²) < 4.78 is 17.8. The van der Waals surface area contributed by atoms with Crippen LogP contribution in [0, 0.1) is 0 Å². The van der Waals surface area contributed by atoms with Crippen LogP contribution in [-0.4, -0.2) is 48.6 Å². The largest absolute Gasteiger partial charge is 0.497 e. The zero-order valence-electron chi connectivity index (χ0n) is 17.2. The Hall–Kier alpha value is -3.39. The van der Waals surface area contributed by atoms with Gasteiger partial charge in [0.15, 0.2) is 0 Å². The summed E-state index contributed by atoms with van der Waals surface area (Å²) in [6.45, 7) is -0.0428. The highest BCUT2D eigenvalue weighted by Crippen LogP contribution is 2.44. The van der Waals surface area contributed by atoms with Gasteiger partial charge < -0.3 is 14.2 Å². The van der Waals surface area contributed by atoms with Crippen LogP contribution in [0.4, 0.5) is 5.95 Å². The van der Waals surface area contributed by atoms with Gasteiger partial charge in [0.1, 0.15) is 24.4 Å². The molecule has 0 spiro atoms.